The molecule has 0 aromatic heterocycles. The number of ether oxygens (including phenoxy) is 2. The summed E-state index contributed by atoms with van der Waals surface area (Å²) in [6.07, 6.45) is 3.23. The normalized spacial score (nSPS) is 12.7. The van der Waals surface area contributed by atoms with Gasteiger partial charge in [0.2, 0.25) is 5.91 Å². The van der Waals surface area contributed by atoms with E-state index in [1.54, 1.807) is 68.8 Å². The Hall–Kier alpha value is -3.20. The van der Waals surface area contributed by atoms with Gasteiger partial charge in [0.1, 0.15) is 23.4 Å². The van der Waals surface area contributed by atoms with E-state index in [9.17, 15) is 14.4 Å². The summed E-state index contributed by atoms with van der Waals surface area (Å²) in [6.45, 7) is 11.7. The van der Waals surface area contributed by atoms with Crippen LogP contribution < -0.4 is 15.4 Å². The smallest absolute Gasteiger partial charge is 0.408 e. The van der Waals surface area contributed by atoms with Gasteiger partial charge in [0.15, 0.2) is 0 Å². The summed E-state index contributed by atoms with van der Waals surface area (Å²) in [5, 5.41) is 5.79. The van der Waals surface area contributed by atoms with Crippen molar-refractivity contribution in [2.24, 2.45) is 0 Å². The fourth-order valence-corrected chi connectivity index (χ4v) is 4.72. The molecule has 0 radical (unpaired) electrons. The molecule has 3 amide bonds. The molecule has 9 heteroatoms. The minimum atomic E-state index is -0.904. The standard InChI is InChI=1S/C31H45N3O5S/c1-9-10-19-34(29(36)26(18-20-40-8)33-30(37)39-31(4,5)6)27(25-13-11-12-21(2)22(25)3)28(35)32-23-14-16-24(38-7)17-15-23/h11-17,26-27H,9-10,18-20H2,1-8H3,(H,32,35)(H,33,37). The molecule has 0 saturated heterocycles. The van der Waals surface area contributed by atoms with Crippen molar-refractivity contribution in [2.45, 2.75) is 78.5 Å². The van der Waals surface area contributed by atoms with E-state index in [0.717, 1.165) is 23.1 Å². The van der Waals surface area contributed by atoms with E-state index in [0.29, 0.717) is 36.6 Å². The van der Waals surface area contributed by atoms with Gasteiger partial charge in [-0.25, -0.2) is 4.79 Å². The molecule has 0 spiro atoms. The van der Waals surface area contributed by atoms with E-state index < -0.39 is 23.8 Å². The van der Waals surface area contributed by atoms with Crippen molar-refractivity contribution in [3.8, 4) is 5.75 Å². The van der Waals surface area contributed by atoms with Crippen LogP contribution in [0.4, 0.5) is 10.5 Å². The molecule has 0 fully saturated rings. The maximum atomic E-state index is 14.3. The molecule has 220 valence electrons. The van der Waals surface area contributed by atoms with Crippen molar-refractivity contribution in [1.82, 2.24) is 10.2 Å². The summed E-state index contributed by atoms with van der Waals surface area (Å²) in [4.78, 5) is 42.6. The van der Waals surface area contributed by atoms with E-state index in [1.807, 2.05) is 45.2 Å². The molecule has 0 aliphatic rings. The second kappa shape index (κ2) is 15.6. The van der Waals surface area contributed by atoms with E-state index in [1.165, 1.54) is 0 Å². The van der Waals surface area contributed by atoms with Gasteiger partial charge >= 0.3 is 6.09 Å². The molecule has 0 heterocycles. The highest BCUT2D eigenvalue weighted by molar-refractivity contribution is 7.98. The average molecular weight is 572 g/mol. The number of hydrogen-bond acceptors (Lipinski definition) is 6. The SMILES string of the molecule is CCCCN(C(=O)C(CCSC)NC(=O)OC(C)(C)C)C(C(=O)Nc1ccc(OC)cc1)c1cccc(C)c1C. The zero-order chi connectivity index (χ0) is 29.9. The maximum Gasteiger partial charge on any atom is 0.408 e. The van der Waals surface area contributed by atoms with Crippen LogP contribution in [0.25, 0.3) is 0 Å². The first-order chi connectivity index (χ1) is 18.9. The molecule has 2 rings (SSSR count). The van der Waals surface area contributed by atoms with E-state index >= 15 is 0 Å². The Morgan fingerprint density at radius 1 is 1.05 bits per heavy atom. The van der Waals surface area contributed by atoms with Crippen molar-refractivity contribution in [1.29, 1.82) is 0 Å². The highest BCUT2D eigenvalue weighted by atomic mass is 32.2. The Labute approximate surface area is 243 Å². The van der Waals surface area contributed by atoms with Crippen LogP contribution in [0.2, 0.25) is 0 Å². The second-order valence-corrected chi connectivity index (χ2v) is 11.8. The Bertz CT molecular complexity index is 1130. The molecule has 2 atom stereocenters. The minimum Gasteiger partial charge on any atom is -0.497 e. The second-order valence-electron chi connectivity index (χ2n) is 10.8. The first-order valence-corrected chi connectivity index (χ1v) is 15.1. The number of amides is 3. The lowest BCUT2D eigenvalue weighted by Gasteiger charge is -2.35. The monoisotopic (exact) mass is 571 g/mol. The zero-order valence-electron chi connectivity index (χ0n) is 25.1. The van der Waals surface area contributed by atoms with Crippen molar-refractivity contribution < 1.29 is 23.9 Å². The van der Waals surface area contributed by atoms with Crippen LogP contribution in [0.15, 0.2) is 42.5 Å². The number of thioether (sulfide) groups is 1. The predicted octanol–water partition coefficient (Wildman–Crippen LogP) is 6.27. The van der Waals surface area contributed by atoms with E-state index in [4.69, 9.17) is 9.47 Å². The van der Waals surface area contributed by atoms with Crippen molar-refractivity contribution in [3.63, 3.8) is 0 Å². The number of nitrogens with zero attached hydrogens (tertiary/aromatic N) is 1. The molecular weight excluding hydrogens is 526 g/mol. The van der Waals surface area contributed by atoms with E-state index in [2.05, 4.69) is 10.6 Å². The Kier molecular flexibility index (Phi) is 12.8. The number of rotatable bonds is 13. The summed E-state index contributed by atoms with van der Waals surface area (Å²) < 4.78 is 10.7. The van der Waals surface area contributed by atoms with Crippen LogP contribution in [-0.2, 0) is 14.3 Å². The number of aryl methyl sites for hydroxylation is 1. The lowest BCUT2D eigenvalue weighted by atomic mass is 9.94. The molecule has 0 saturated carbocycles. The molecule has 0 aliphatic carbocycles. The van der Waals surface area contributed by atoms with Gasteiger partial charge in [0.05, 0.1) is 7.11 Å². The van der Waals surface area contributed by atoms with Crippen molar-refractivity contribution >= 4 is 35.4 Å². The van der Waals surface area contributed by atoms with Gasteiger partial charge in [-0.05, 0) is 100 Å². The molecule has 2 aromatic rings. The third-order valence-electron chi connectivity index (χ3n) is 6.49. The maximum absolute atomic E-state index is 14.3. The highest BCUT2D eigenvalue weighted by Gasteiger charge is 2.36. The van der Waals surface area contributed by atoms with Gasteiger partial charge < -0.3 is 25.0 Å². The fraction of sp³-hybridized carbons (Fsp3) is 0.516. The quantitative estimate of drug-likeness (QED) is 0.294. The predicted molar refractivity (Wildman–Crippen MR) is 163 cm³/mol. The Morgan fingerprint density at radius 2 is 1.73 bits per heavy atom. The van der Waals surface area contributed by atoms with Gasteiger partial charge in [-0.1, -0.05) is 31.5 Å². The largest absolute Gasteiger partial charge is 0.497 e. The van der Waals surface area contributed by atoms with Crippen molar-refractivity contribution in [3.05, 3.63) is 59.2 Å². The number of hydrogen-bond donors (Lipinski definition) is 2. The number of carbonyl (C=O) groups excluding carboxylic acids is 3. The lowest BCUT2D eigenvalue weighted by Crippen LogP contribution is -2.53. The van der Waals surface area contributed by atoms with Gasteiger partial charge in [-0.15, -0.1) is 0 Å². The molecular formula is C31H45N3O5S. The molecule has 0 bridgehead atoms. The summed E-state index contributed by atoms with van der Waals surface area (Å²) in [6, 6.07) is 11.1. The third-order valence-corrected chi connectivity index (χ3v) is 7.14. The number of methoxy groups -OCH3 is 1. The van der Waals surface area contributed by atoms with Crippen molar-refractivity contribution in [2.75, 3.05) is 31.0 Å². The summed E-state index contributed by atoms with van der Waals surface area (Å²) in [5.74, 6) is 0.682. The lowest BCUT2D eigenvalue weighted by molar-refractivity contribution is -0.141. The molecule has 40 heavy (non-hydrogen) atoms. The Morgan fingerprint density at radius 3 is 2.30 bits per heavy atom. The molecule has 2 aromatic carbocycles. The van der Waals surface area contributed by atoms with Crippen LogP contribution in [0.1, 0.15) is 69.7 Å². The summed E-state index contributed by atoms with van der Waals surface area (Å²) >= 11 is 1.59. The van der Waals surface area contributed by atoms with Crippen LogP contribution in [0, 0.1) is 13.8 Å². The zero-order valence-corrected chi connectivity index (χ0v) is 25.9. The highest BCUT2D eigenvalue weighted by Crippen LogP contribution is 2.29. The average Bonchev–Trinajstić information content (AvgIpc) is 2.90. The first-order valence-electron chi connectivity index (χ1n) is 13.7. The van der Waals surface area contributed by atoms with E-state index in [-0.39, 0.29) is 11.8 Å². The van der Waals surface area contributed by atoms with Gasteiger partial charge in [0.25, 0.3) is 5.91 Å². The van der Waals surface area contributed by atoms with Gasteiger partial charge in [0, 0.05) is 12.2 Å². The number of anilines is 1. The van der Waals surface area contributed by atoms with Crippen LogP contribution in [0.3, 0.4) is 0 Å². The van der Waals surface area contributed by atoms with Gasteiger partial charge in [-0.3, -0.25) is 9.59 Å². The van der Waals surface area contributed by atoms with Crippen LogP contribution in [0.5, 0.6) is 5.75 Å². The van der Waals surface area contributed by atoms with Crippen LogP contribution >= 0.6 is 11.8 Å². The summed E-state index contributed by atoms with van der Waals surface area (Å²) in [5.41, 5.74) is 2.59. The number of unbranched alkanes of at least 4 members (excludes halogenated alkanes) is 1. The molecule has 2 N–H and O–H groups in total. The first kappa shape index (κ1) is 33.0. The number of nitrogens with one attached hydrogen (secondary N) is 2. The molecule has 0 aliphatic heterocycles. The number of carbonyl (C=O) groups is 3. The van der Waals surface area contributed by atoms with Crippen LogP contribution in [-0.4, -0.2) is 60.1 Å². The number of benzene rings is 2. The molecule has 2 unspecified atom stereocenters. The number of alkyl carbamates (subject to hydrolysis) is 1. The fourth-order valence-electron chi connectivity index (χ4n) is 4.24. The summed E-state index contributed by atoms with van der Waals surface area (Å²) in [7, 11) is 1.58. The minimum absolute atomic E-state index is 0.316. The molecule has 8 nitrogen and oxygen atoms in total. The third kappa shape index (κ3) is 9.77. The topological polar surface area (TPSA) is 97.0 Å². The van der Waals surface area contributed by atoms with Gasteiger partial charge in [-0.2, -0.15) is 11.8 Å². The Balaban J connectivity index is 2.55.